The van der Waals surface area contributed by atoms with Crippen LogP contribution in [0.4, 0.5) is 24.5 Å². The monoisotopic (exact) mass is 569 g/mol. The highest BCUT2D eigenvalue weighted by Crippen LogP contribution is 2.54. The second kappa shape index (κ2) is 8.70. The molecular weight excluding hydrogens is 557 g/mol. The number of carbonyl (C=O) groups is 3. The molecule has 4 rings (SSSR count). The zero-order chi connectivity index (χ0) is 26.0. The lowest BCUT2D eigenvalue weighted by Gasteiger charge is -2.30. The first-order valence-electron chi connectivity index (χ1n) is 9.80. The normalized spacial score (nSPS) is 25.5. The smallest absolute Gasteiger partial charge is 0.404 e. The number of nitrogens with zero attached hydrogens (tertiary/aromatic N) is 1. The molecule has 7 nitrogen and oxygen atoms in total. The quantitative estimate of drug-likeness (QED) is 0.484. The predicted octanol–water partition coefficient (Wildman–Crippen LogP) is 4.96. The molecule has 2 amide bonds. The molecule has 2 aliphatic rings. The average molecular weight is 571 g/mol. The number of halogens is 7. The van der Waals surface area contributed by atoms with Gasteiger partial charge in [-0.1, -0.05) is 46.4 Å². The summed E-state index contributed by atoms with van der Waals surface area (Å²) in [5, 5.41) is 14.6. The van der Waals surface area contributed by atoms with Crippen LogP contribution in [0.5, 0.6) is 0 Å². The molecule has 2 heterocycles. The molecule has 2 aromatic carbocycles. The molecule has 2 aliphatic heterocycles. The minimum atomic E-state index is -5.12. The molecule has 4 atom stereocenters. The zero-order valence-corrected chi connectivity index (χ0v) is 20.4. The van der Waals surface area contributed by atoms with Gasteiger partial charge in [-0.25, -0.2) is 0 Å². The summed E-state index contributed by atoms with van der Waals surface area (Å²) in [6, 6.07) is 3.58. The van der Waals surface area contributed by atoms with Crippen LogP contribution >= 0.6 is 46.4 Å². The van der Waals surface area contributed by atoms with Gasteiger partial charge in [0.05, 0.1) is 16.6 Å². The van der Waals surface area contributed by atoms with E-state index in [0.29, 0.717) is 0 Å². The van der Waals surface area contributed by atoms with Gasteiger partial charge in [0.1, 0.15) is 17.5 Å². The summed E-state index contributed by atoms with van der Waals surface area (Å²) in [7, 11) is 1.15. The van der Waals surface area contributed by atoms with Gasteiger partial charge in [-0.15, -0.1) is 0 Å². The summed E-state index contributed by atoms with van der Waals surface area (Å²) < 4.78 is 42.7. The predicted molar refractivity (Wildman–Crippen MR) is 124 cm³/mol. The van der Waals surface area contributed by atoms with Crippen molar-refractivity contribution in [1.29, 1.82) is 0 Å². The van der Waals surface area contributed by atoms with Crippen molar-refractivity contribution in [3.8, 4) is 0 Å². The number of fused-ring (bicyclic) bond motifs is 2. The fourth-order valence-corrected chi connectivity index (χ4v) is 5.73. The molecule has 35 heavy (non-hydrogen) atoms. The maximum atomic E-state index is 14.2. The number of anilines is 2. The van der Waals surface area contributed by atoms with Crippen LogP contribution < -0.4 is 15.5 Å². The van der Waals surface area contributed by atoms with E-state index in [4.69, 9.17) is 46.4 Å². The topological polar surface area (TPSA) is 98.7 Å². The largest absolute Gasteiger partial charge is 0.481 e. The van der Waals surface area contributed by atoms with Crippen molar-refractivity contribution in [2.45, 2.75) is 17.8 Å². The number of amides is 2. The van der Waals surface area contributed by atoms with Gasteiger partial charge in [0.15, 0.2) is 0 Å². The molecule has 3 N–H and O–H groups in total. The summed E-state index contributed by atoms with van der Waals surface area (Å²) in [6.07, 6.45) is -5.12. The molecule has 0 saturated carbocycles. The number of aliphatic carboxylic acids is 1. The van der Waals surface area contributed by atoms with E-state index in [2.05, 4.69) is 10.6 Å². The molecule has 2 unspecified atom stereocenters. The number of carboxylic acid groups (broad SMARTS) is 1. The Balaban J connectivity index is 1.91. The van der Waals surface area contributed by atoms with E-state index in [1.807, 2.05) is 0 Å². The van der Waals surface area contributed by atoms with Gasteiger partial charge in [-0.3, -0.25) is 19.7 Å². The number of rotatable bonds is 3. The van der Waals surface area contributed by atoms with E-state index in [-0.39, 0.29) is 37.0 Å². The maximum Gasteiger partial charge on any atom is 0.404 e. The Labute approximate surface area is 216 Å². The molecule has 2 aromatic rings. The second-order valence-electron chi connectivity index (χ2n) is 8.10. The lowest BCUT2D eigenvalue weighted by molar-refractivity contribution is -0.169. The standard InChI is InChI=1S/C21H14Cl4F3N3O4/c1-31(10-3-7(22)2-8(23)4-10)17(32)13-14(18(33)34)20(30-16(13)21(26,27)28)11-5-9(24)6-12(25)15(11)29-19(20)35/h2-6,13-14,16,30H,1H3,(H,29,35)(H,33,34)/t13-,14-,16?,20?/m0/s1. The Morgan fingerprint density at radius 1 is 1.03 bits per heavy atom. The first-order valence-corrected chi connectivity index (χ1v) is 11.3. The summed E-state index contributed by atoms with van der Waals surface area (Å²) in [5.74, 6) is -8.59. The lowest BCUT2D eigenvalue weighted by atomic mass is 9.74. The number of carbonyl (C=O) groups excluding carboxylic acids is 2. The van der Waals surface area contributed by atoms with Gasteiger partial charge in [-0.05, 0) is 30.3 Å². The Morgan fingerprint density at radius 3 is 2.14 bits per heavy atom. The molecule has 1 fully saturated rings. The number of nitrogens with one attached hydrogen (secondary N) is 2. The van der Waals surface area contributed by atoms with Crippen molar-refractivity contribution in [2.75, 3.05) is 17.3 Å². The maximum absolute atomic E-state index is 14.2. The average Bonchev–Trinajstić information content (AvgIpc) is 3.24. The fraction of sp³-hybridized carbons (Fsp3) is 0.286. The Morgan fingerprint density at radius 2 is 1.60 bits per heavy atom. The van der Waals surface area contributed by atoms with Gasteiger partial charge in [0, 0.05) is 33.4 Å². The molecule has 0 aliphatic carbocycles. The van der Waals surface area contributed by atoms with E-state index in [1.54, 1.807) is 0 Å². The highest BCUT2D eigenvalue weighted by atomic mass is 35.5. The van der Waals surface area contributed by atoms with Crippen molar-refractivity contribution >= 4 is 75.6 Å². The van der Waals surface area contributed by atoms with E-state index in [1.165, 1.54) is 24.3 Å². The second-order valence-corrected chi connectivity index (χ2v) is 9.82. The molecule has 14 heteroatoms. The van der Waals surface area contributed by atoms with Gasteiger partial charge in [-0.2, -0.15) is 13.2 Å². The summed E-state index contributed by atoms with van der Waals surface area (Å²) in [5.41, 5.74) is -2.75. The van der Waals surface area contributed by atoms with Crippen molar-refractivity contribution in [2.24, 2.45) is 11.8 Å². The number of alkyl halides is 3. The summed E-state index contributed by atoms with van der Waals surface area (Å²) in [6.45, 7) is 0. The van der Waals surface area contributed by atoms with Crippen molar-refractivity contribution in [1.82, 2.24) is 5.32 Å². The first kappa shape index (κ1) is 25.8. The van der Waals surface area contributed by atoms with Crippen LogP contribution in [0.15, 0.2) is 30.3 Å². The third-order valence-corrected chi connectivity index (χ3v) is 7.07. The summed E-state index contributed by atoms with van der Waals surface area (Å²) >= 11 is 24.1. The highest BCUT2D eigenvalue weighted by Gasteiger charge is 2.71. The SMILES string of the molecule is CN(C(=O)[C@@H]1C(C(F)(F)F)NC2(C(=O)Nc3c(Cl)cc(Cl)cc32)[C@@H]1C(=O)O)c1cc(Cl)cc(Cl)c1. The molecule has 1 saturated heterocycles. The minimum Gasteiger partial charge on any atom is -0.481 e. The molecule has 0 aromatic heterocycles. The highest BCUT2D eigenvalue weighted by molar-refractivity contribution is 6.38. The van der Waals surface area contributed by atoms with Gasteiger partial charge in [0.2, 0.25) is 11.8 Å². The number of benzene rings is 2. The Kier molecular flexibility index (Phi) is 6.43. The fourth-order valence-electron chi connectivity index (χ4n) is 4.68. The first-order chi connectivity index (χ1) is 16.2. The zero-order valence-electron chi connectivity index (χ0n) is 17.4. The number of hydrogen-bond acceptors (Lipinski definition) is 4. The van der Waals surface area contributed by atoms with Crippen molar-refractivity contribution < 1.29 is 32.7 Å². The Bertz CT molecular complexity index is 1250. The van der Waals surface area contributed by atoms with Crippen LogP contribution in [0, 0.1) is 11.8 Å². The van der Waals surface area contributed by atoms with Crippen LogP contribution in [-0.4, -0.2) is 42.2 Å². The van der Waals surface area contributed by atoms with Gasteiger partial charge < -0.3 is 15.3 Å². The molecule has 0 radical (unpaired) electrons. The van der Waals surface area contributed by atoms with E-state index >= 15 is 0 Å². The molecular formula is C21H14Cl4F3N3O4. The number of carboxylic acids is 1. The van der Waals surface area contributed by atoms with E-state index in [9.17, 15) is 32.7 Å². The van der Waals surface area contributed by atoms with Crippen LogP contribution in [0.25, 0.3) is 0 Å². The Hall–Kier alpha value is -2.24. The summed E-state index contributed by atoms with van der Waals surface area (Å²) in [4.78, 5) is 39.9. The number of hydrogen-bond donors (Lipinski definition) is 3. The third kappa shape index (κ3) is 4.11. The van der Waals surface area contributed by atoms with Gasteiger partial charge in [0.25, 0.3) is 0 Å². The van der Waals surface area contributed by atoms with E-state index < -0.39 is 47.4 Å². The third-order valence-electron chi connectivity index (χ3n) is 6.11. The molecule has 186 valence electrons. The van der Waals surface area contributed by atoms with Gasteiger partial charge >= 0.3 is 12.1 Å². The molecule has 1 spiro atoms. The van der Waals surface area contributed by atoms with Crippen LogP contribution in [0.2, 0.25) is 20.1 Å². The lowest BCUT2D eigenvalue weighted by Crippen LogP contribution is -2.53. The van der Waals surface area contributed by atoms with Crippen LogP contribution in [0.1, 0.15) is 5.56 Å². The minimum absolute atomic E-state index is 0.0286. The molecule has 0 bridgehead atoms. The van der Waals surface area contributed by atoms with E-state index in [0.717, 1.165) is 18.0 Å². The van der Waals surface area contributed by atoms with Crippen LogP contribution in [0.3, 0.4) is 0 Å². The van der Waals surface area contributed by atoms with Crippen molar-refractivity contribution in [3.63, 3.8) is 0 Å². The van der Waals surface area contributed by atoms with Crippen molar-refractivity contribution in [3.05, 3.63) is 56.0 Å². The van der Waals surface area contributed by atoms with Crippen LogP contribution in [-0.2, 0) is 19.9 Å².